The molecule has 2 unspecified atom stereocenters. The SMILES string of the molecule is CCCCNC(=O)C1N([C@@H](CO)CC(C)C)C(=O)[C@@H]2[C@H](C(=O)Nc3ccccc3)[C@@H]3CCC12O3. The molecule has 3 aliphatic rings. The normalized spacial score (nSPS) is 30.5. The first-order valence-corrected chi connectivity index (χ1v) is 12.6. The van der Waals surface area contributed by atoms with E-state index in [1.54, 1.807) is 17.0 Å². The highest BCUT2D eigenvalue weighted by molar-refractivity contribution is 6.02. The van der Waals surface area contributed by atoms with E-state index < -0.39 is 35.6 Å². The van der Waals surface area contributed by atoms with E-state index in [4.69, 9.17) is 4.74 Å². The van der Waals surface area contributed by atoms with E-state index in [1.807, 2.05) is 39.0 Å². The standard InChI is InChI=1S/C26H37N3O5/c1-4-5-13-27-24(32)22-26-12-11-19(34-26)20(23(31)28-17-9-7-6-8-10-17)21(26)25(33)29(22)18(15-30)14-16(2)3/h6-10,16,18-22,30H,4-5,11-15H2,1-3H3,(H,27,32)(H,28,31)/t18-,19+,20-,21+,22?,26?/m1/s1. The van der Waals surface area contributed by atoms with Gasteiger partial charge < -0.3 is 25.4 Å². The maximum Gasteiger partial charge on any atom is 0.245 e. The van der Waals surface area contributed by atoms with Gasteiger partial charge in [0.1, 0.15) is 11.6 Å². The van der Waals surface area contributed by atoms with Gasteiger partial charge in [0.25, 0.3) is 0 Å². The van der Waals surface area contributed by atoms with E-state index in [2.05, 4.69) is 10.6 Å². The third kappa shape index (κ3) is 4.22. The van der Waals surface area contributed by atoms with Gasteiger partial charge in [-0.1, -0.05) is 45.4 Å². The van der Waals surface area contributed by atoms with E-state index in [9.17, 15) is 19.5 Å². The Morgan fingerprint density at radius 2 is 1.97 bits per heavy atom. The second kappa shape index (κ2) is 10.0. The summed E-state index contributed by atoms with van der Waals surface area (Å²) in [7, 11) is 0. The summed E-state index contributed by atoms with van der Waals surface area (Å²) in [4.78, 5) is 42.4. The Balaban J connectivity index is 1.67. The molecule has 0 saturated carbocycles. The number of nitrogens with zero attached hydrogens (tertiary/aromatic N) is 1. The van der Waals surface area contributed by atoms with Gasteiger partial charge in [0.05, 0.1) is 30.6 Å². The Morgan fingerprint density at radius 3 is 2.62 bits per heavy atom. The lowest BCUT2D eigenvalue weighted by Crippen LogP contribution is -2.58. The van der Waals surface area contributed by atoms with E-state index in [-0.39, 0.29) is 30.2 Å². The topological polar surface area (TPSA) is 108 Å². The summed E-state index contributed by atoms with van der Waals surface area (Å²) < 4.78 is 6.43. The van der Waals surface area contributed by atoms with Crippen LogP contribution in [0.1, 0.15) is 52.9 Å². The van der Waals surface area contributed by atoms with Crippen molar-refractivity contribution in [3.63, 3.8) is 0 Å². The minimum Gasteiger partial charge on any atom is -0.394 e. The maximum absolute atomic E-state index is 13.9. The van der Waals surface area contributed by atoms with Gasteiger partial charge >= 0.3 is 0 Å². The Morgan fingerprint density at radius 1 is 1.24 bits per heavy atom. The fourth-order valence-electron chi connectivity index (χ4n) is 6.14. The third-order valence-electron chi connectivity index (χ3n) is 7.51. The highest BCUT2D eigenvalue weighted by atomic mass is 16.5. The Hall–Kier alpha value is -2.45. The van der Waals surface area contributed by atoms with Crippen molar-refractivity contribution in [1.82, 2.24) is 10.2 Å². The average Bonchev–Trinajstić information content (AvgIpc) is 3.45. The number of benzene rings is 1. The van der Waals surface area contributed by atoms with Crippen LogP contribution in [0.15, 0.2) is 30.3 Å². The number of hydrogen-bond donors (Lipinski definition) is 3. The molecule has 8 heteroatoms. The number of para-hydroxylation sites is 1. The highest BCUT2D eigenvalue weighted by Crippen LogP contribution is 2.59. The van der Waals surface area contributed by atoms with Crippen LogP contribution in [-0.2, 0) is 19.1 Å². The van der Waals surface area contributed by atoms with Gasteiger partial charge in [-0.25, -0.2) is 0 Å². The van der Waals surface area contributed by atoms with Crippen molar-refractivity contribution in [2.45, 2.75) is 76.7 Å². The highest BCUT2D eigenvalue weighted by Gasteiger charge is 2.75. The van der Waals surface area contributed by atoms with Crippen LogP contribution >= 0.6 is 0 Å². The molecule has 1 aromatic carbocycles. The first-order valence-electron chi connectivity index (χ1n) is 12.6. The fourth-order valence-corrected chi connectivity index (χ4v) is 6.14. The van der Waals surface area contributed by atoms with Crippen LogP contribution in [-0.4, -0.2) is 64.7 Å². The number of amides is 3. The second-order valence-corrected chi connectivity index (χ2v) is 10.3. The predicted octanol–water partition coefficient (Wildman–Crippen LogP) is 2.32. The van der Waals surface area contributed by atoms with Gasteiger partial charge in [-0.2, -0.15) is 0 Å². The number of unbranched alkanes of at least 4 members (excludes halogenated alkanes) is 1. The number of anilines is 1. The zero-order valence-electron chi connectivity index (χ0n) is 20.3. The molecule has 3 amide bonds. The molecule has 3 N–H and O–H groups in total. The molecule has 6 atom stereocenters. The van der Waals surface area contributed by atoms with Crippen LogP contribution in [0.2, 0.25) is 0 Å². The number of hydrogen-bond acceptors (Lipinski definition) is 5. The molecule has 0 aliphatic carbocycles. The van der Waals surface area contributed by atoms with Gasteiger partial charge in [-0.05, 0) is 43.7 Å². The average molecular weight is 472 g/mol. The van der Waals surface area contributed by atoms with Gasteiger partial charge in [-0.15, -0.1) is 0 Å². The van der Waals surface area contributed by atoms with Crippen molar-refractivity contribution in [2.24, 2.45) is 17.8 Å². The van der Waals surface area contributed by atoms with E-state index >= 15 is 0 Å². The summed E-state index contributed by atoms with van der Waals surface area (Å²) >= 11 is 0. The quantitative estimate of drug-likeness (QED) is 0.454. The van der Waals surface area contributed by atoms with Crippen molar-refractivity contribution in [1.29, 1.82) is 0 Å². The smallest absolute Gasteiger partial charge is 0.245 e. The lowest BCUT2D eigenvalue weighted by molar-refractivity contribution is -0.145. The molecule has 4 rings (SSSR count). The predicted molar refractivity (Wildman–Crippen MR) is 128 cm³/mol. The van der Waals surface area contributed by atoms with Crippen LogP contribution < -0.4 is 10.6 Å². The molecule has 34 heavy (non-hydrogen) atoms. The van der Waals surface area contributed by atoms with Crippen molar-refractivity contribution in [3.05, 3.63) is 30.3 Å². The lowest BCUT2D eigenvalue weighted by atomic mass is 9.70. The number of rotatable bonds is 10. The zero-order valence-corrected chi connectivity index (χ0v) is 20.3. The Kier molecular flexibility index (Phi) is 7.28. The van der Waals surface area contributed by atoms with Crippen LogP contribution in [0.4, 0.5) is 5.69 Å². The van der Waals surface area contributed by atoms with E-state index in [0.29, 0.717) is 31.5 Å². The van der Waals surface area contributed by atoms with E-state index in [0.717, 1.165) is 12.8 Å². The molecule has 2 bridgehead atoms. The van der Waals surface area contributed by atoms with E-state index in [1.165, 1.54) is 0 Å². The summed E-state index contributed by atoms with van der Waals surface area (Å²) in [6, 6.07) is 7.80. The monoisotopic (exact) mass is 471 g/mol. The summed E-state index contributed by atoms with van der Waals surface area (Å²) in [5.41, 5.74) is -0.380. The number of carbonyl (C=O) groups excluding carboxylic acids is 3. The van der Waals surface area contributed by atoms with Gasteiger partial charge in [-0.3, -0.25) is 14.4 Å². The molecule has 0 radical (unpaired) electrons. The molecule has 1 spiro atoms. The zero-order chi connectivity index (χ0) is 24.5. The van der Waals surface area contributed by atoms with Crippen molar-refractivity contribution >= 4 is 23.4 Å². The maximum atomic E-state index is 13.9. The molecule has 8 nitrogen and oxygen atoms in total. The van der Waals surface area contributed by atoms with Gasteiger partial charge in [0.15, 0.2) is 0 Å². The fraction of sp³-hybridized carbons (Fsp3) is 0.654. The second-order valence-electron chi connectivity index (χ2n) is 10.3. The first kappa shape index (κ1) is 24.7. The minimum atomic E-state index is -1.04. The summed E-state index contributed by atoms with van der Waals surface area (Å²) in [5, 5.41) is 16.1. The van der Waals surface area contributed by atoms with Crippen LogP contribution in [0.3, 0.4) is 0 Å². The third-order valence-corrected chi connectivity index (χ3v) is 7.51. The number of ether oxygens (including phenoxy) is 1. The molecular weight excluding hydrogens is 434 g/mol. The number of aliphatic hydroxyl groups excluding tert-OH is 1. The number of fused-ring (bicyclic) bond motifs is 1. The molecule has 3 heterocycles. The Bertz CT molecular complexity index is 907. The van der Waals surface area contributed by atoms with Gasteiger partial charge in [0, 0.05) is 12.2 Å². The molecule has 0 aromatic heterocycles. The Labute approximate surface area is 201 Å². The molecule has 3 aliphatic heterocycles. The minimum absolute atomic E-state index is 0.223. The van der Waals surface area contributed by atoms with Crippen LogP contribution in [0.25, 0.3) is 0 Å². The number of likely N-dealkylation sites (tertiary alicyclic amines) is 1. The summed E-state index contributed by atoms with van der Waals surface area (Å²) in [6.07, 6.45) is 3.11. The van der Waals surface area contributed by atoms with Gasteiger partial charge in [0.2, 0.25) is 17.7 Å². The number of aliphatic hydroxyl groups is 1. The number of nitrogens with one attached hydrogen (secondary N) is 2. The van der Waals surface area contributed by atoms with Crippen LogP contribution in [0.5, 0.6) is 0 Å². The number of carbonyl (C=O) groups is 3. The summed E-state index contributed by atoms with van der Waals surface area (Å²) in [6.45, 7) is 6.38. The molecule has 3 saturated heterocycles. The lowest BCUT2D eigenvalue weighted by Gasteiger charge is -2.37. The van der Waals surface area contributed by atoms with Crippen molar-refractivity contribution < 1.29 is 24.2 Å². The summed E-state index contributed by atoms with van der Waals surface area (Å²) in [5.74, 6) is -1.95. The molecule has 3 fully saturated rings. The largest absolute Gasteiger partial charge is 0.394 e. The molecule has 1 aromatic rings. The van der Waals surface area contributed by atoms with Crippen LogP contribution in [0, 0.1) is 17.8 Å². The molecule has 186 valence electrons. The van der Waals surface area contributed by atoms with Crippen molar-refractivity contribution in [2.75, 3.05) is 18.5 Å². The molecular formula is C26H37N3O5. The van der Waals surface area contributed by atoms with Crippen molar-refractivity contribution in [3.8, 4) is 0 Å². The first-order chi connectivity index (χ1) is 16.3.